The predicted octanol–water partition coefficient (Wildman–Crippen LogP) is 5.22. The van der Waals surface area contributed by atoms with Gasteiger partial charge in [-0.15, -0.1) is 11.3 Å². The second kappa shape index (κ2) is 7.42. The summed E-state index contributed by atoms with van der Waals surface area (Å²) in [6, 6.07) is 1.80. The van der Waals surface area contributed by atoms with E-state index in [9.17, 15) is 18.0 Å². The molecule has 144 valence electrons. The fourth-order valence-corrected chi connectivity index (χ4v) is 4.00. The van der Waals surface area contributed by atoms with Crippen LogP contribution in [-0.2, 0) is 24.4 Å². The SMILES string of the molecule is CC(CC(C)(C)C)c1sccc1NC(=O)Cc1cn(C)nc1C(F)(F)F. The number of hydrogen-bond acceptors (Lipinski definition) is 3. The van der Waals surface area contributed by atoms with Gasteiger partial charge in [-0.05, 0) is 29.2 Å². The summed E-state index contributed by atoms with van der Waals surface area (Å²) >= 11 is 1.55. The highest BCUT2D eigenvalue weighted by Crippen LogP contribution is 2.37. The summed E-state index contributed by atoms with van der Waals surface area (Å²) in [5.74, 6) is -0.236. The highest BCUT2D eigenvalue weighted by Gasteiger charge is 2.37. The van der Waals surface area contributed by atoms with Gasteiger partial charge in [0.25, 0.3) is 0 Å². The molecule has 0 saturated heterocycles. The van der Waals surface area contributed by atoms with Crippen LogP contribution in [0.4, 0.5) is 18.9 Å². The molecule has 0 spiro atoms. The number of alkyl halides is 3. The summed E-state index contributed by atoms with van der Waals surface area (Å²) in [4.78, 5) is 13.4. The van der Waals surface area contributed by atoms with E-state index in [1.165, 1.54) is 13.2 Å². The molecule has 4 nitrogen and oxygen atoms in total. The predicted molar refractivity (Wildman–Crippen MR) is 97.3 cm³/mol. The summed E-state index contributed by atoms with van der Waals surface area (Å²) in [5, 5.41) is 8.08. The van der Waals surface area contributed by atoms with Crippen LogP contribution in [0.25, 0.3) is 0 Å². The fourth-order valence-electron chi connectivity index (χ4n) is 3.09. The van der Waals surface area contributed by atoms with Gasteiger partial charge < -0.3 is 5.32 Å². The van der Waals surface area contributed by atoms with E-state index in [1.807, 2.05) is 5.38 Å². The summed E-state index contributed by atoms with van der Waals surface area (Å²) in [5.41, 5.74) is -0.324. The highest BCUT2D eigenvalue weighted by atomic mass is 32.1. The second-order valence-electron chi connectivity index (χ2n) is 7.76. The Labute approximate surface area is 155 Å². The van der Waals surface area contributed by atoms with Gasteiger partial charge in [0.15, 0.2) is 5.69 Å². The number of thiophene rings is 1. The maximum atomic E-state index is 13.0. The van der Waals surface area contributed by atoms with Crippen molar-refractivity contribution in [3.8, 4) is 0 Å². The number of halogens is 3. The van der Waals surface area contributed by atoms with Gasteiger partial charge in [-0.25, -0.2) is 0 Å². The zero-order valence-corrected chi connectivity index (χ0v) is 16.4. The van der Waals surface area contributed by atoms with Crippen LogP contribution in [0.1, 0.15) is 56.2 Å². The maximum Gasteiger partial charge on any atom is 0.435 e. The maximum absolute atomic E-state index is 13.0. The molecule has 0 aliphatic heterocycles. The Morgan fingerprint density at radius 3 is 2.58 bits per heavy atom. The lowest BCUT2D eigenvalue weighted by atomic mass is 9.84. The van der Waals surface area contributed by atoms with Crippen molar-refractivity contribution in [3.05, 3.63) is 33.8 Å². The molecule has 2 rings (SSSR count). The molecule has 1 unspecified atom stereocenters. The lowest BCUT2D eigenvalue weighted by Gasteiger charge is -2.23. The standard InChI is InChI=1S/C18H24F3N3OS/c1-11(9-17(2,3)4)15-13(6-7-26-15)22-14(25)8-12-10-24(5)23-16(12)18(19,20)21/h6-7,10-11H,8-9H2,1-5H3,(H,22,25). The number of nitrogens with zero attached hydrogens (tertiary/aromatic N) is 2. The number of hydrogen-bond donors (Lipinski definition) is 1. The van der Waals surface area contributed by atoms with Crippen molar-refractivity contribution in [3.63, 3.8) is 0 Å². The van der Waals surface area contributed by atoms with Crippen molar-refractivity contribution < 1.29 is 18.0 Å². The first-order valence-electron chi connectivity index (χ1n) is 8.34. The zero-order valence-electron chi connectivity index (χ0n) is 15.6. The minimum Gasteiger partial charge on any atom is -0.325 e. The minimum atomic E-state index is -4.58. The molecule has 2 aromatic heterocycles. The Morgan fingerprint density at radius 2 is 2.00 bits per heavy atom. The molecule has 2 heterocycles. The summed E-state index contributed by atoms with van der Waals surface area (Å²) in [6.07, 6.45) is -2.77. The molecule has 1 atom stereocenters. The average molecular weight is 387 g/mol. The summed E-state index contributed by atoms with van der Waals surface area (Å²) in [6.45, 7) is 8.54. The summed E-state index contributed by atoms with van der Waals surface area (Å²) < 4.78 is 40.1. The van der Waals surface area contributed by atoms with E-state index < -0.39 is 17.8 Å². The molecule has 0 fully saturated rings. The topological polar surface area (TPSA) is 46.9 Å². The van der Waals surface area contributed by atoms with Gasteiger partial charge in [0.2, 0.25) is 5.91 Å². The Hall–Kier alpha value is -1.83. The molecule has 26 heavy (non-hydrogen) atoms. The van der Waals surface area contributed by atoms with Gasteiger partial charge in [-0.3, -0.25) is 9.48 Å². The monoisotopic (exact) mass is 387 g/mol. The zero-order chi connectivity index (χ0) is 19.7. The van der Waals surface area contributed by atoms with Crippen LogP contribution in [-0.4, -0.2) is 15.7 Å². The van der Waals surface area contributed by atoms with Crippen LogP contribution in [0, 0.1) is 5.41 Å². The first-order valence-corrected chi connectivity index (χ1v) is 9.22. The summed E-state index contributed by atoms with van der Waals surface area (Å²) in [7, 11) is 1.40. The molecular weight excluding hydrogens is 363 g/mol. The number of aromatic nitrogens is 2. The number of aryl methyl sites for hydroxylation is 1. The van der Waals surface area contributed by atoms with E-state index in [0.717, 1.165) is 16.0 Å². The van der Waals surface area contributed by atoms with Crippen molar-refractivity contribution in [1.29, 1.82) is 0 Å². The smallest absolute Gasteiger partial charge is 0.325 e. The lowest BCUT2D eigenvalue weighted by molar-refractivity contribution is -0.142. The molecule has 8 heteroatoms. The van der Waals surface area contributed by atoms with Crippen LogP contribution >= 0.6 is 11.3 Å². The molecule has 1 N–H and O–H groups in total. The molecule has 0 aliphatic carbocycles. The third-order valence-electron chi connectivity index (χ3n) is 3.86. The molecule has 0 aliphatic rings. The molecule has 0 bridgehead atoms. The Bertz CT molecular complexity index is 771. The van der Waals surface area contributed by atoms with Crippen LogP contribution < -0.4 is 5.32 Å². The Morgan fingerprint density at radius 1 is 1.35 bits per heavy atom. The minimum absolute atomic E-state index is 0.128. The number of rotatable bonds is 5. The number of carbonyl (C=O) groups is 1. The highest BCUT2D eigenvalue weighted by molar-refractivity contribution is 7.10. The van der Waals surface area contributed by atoms with Gasteiger partial charge >= 0.3 is 6.18 Å². The molecule has 2 aromatic rings. The van der Waals surface area contributed by atoms with E-state index in [2.05, 4.69) is 38.1 Å². The molecule has 0 radical (unpaired) electrons. The third-order valence-corrected chi connectivity index (χ3v) is 5.01. The van der Waals surface area contributed by atoms with E-state index in [0.29, 0.717) is 5.69 Å². The van der Waals surface area contributed by atoms with Gasteiger partial charge in [-0.1, -0.05) is 27.7 Å². The molecular formula is C18H24F3N3OS. The number of carbonyl (C=O) groups excluding carboxylic acids is 1. The normalized spacial score (nSPS) is 13.7. The molecule has 1 amide bonds. The molecule has 0 saturated carbocycles. The van der Waals surface area contributed by atoms with Gasteiger partial charge in [-0.2, -0.15) is 18.3 Å². The second-order valence-corrected chi connectivity index (χ2v) is 8.71. The number of anilines is 1. The van der Waals surface area contributed by atoms with Crippen molar-refractivity contribution in [2.45, 2.75) is 52.6 Å². The first-order chi connectivity index (χ1) is 11.9. The van der Waals surface area contributed by atoms with Crippen LogP contribution in [0.15, 0.2) is 17.6 Å². The largest absolute Gasteiger partial charge is 0.435 e. The first kappa shape index (κ1) is 20.5. The van der Waals surface area contributed by atoms with E-state index >= 15 is 0 Å². The Kier molecular flexibility index (Phi) is 5.85. The third kappa shape index (κ3) is 5.33. The fraction of sp³-hybridized carbons (Fsp3) is 0.556. The quantitative estimate of drug-likeness (QED) is 0.764. The molecule has 0 aromatic carbocycles. The van der Waals surface area contributed by atoms with Gasteiger partial charge in [0.05, 0.1) is 12.1 Å². The number of amides is 1. The van der Waals surface area contributed by atoms with E-state index in [4.69, 9.17) is 0 Å². The van der Waals surface area contributed by atoms with Crippen molar-refractivity contribution in [1.82, 2.24) is 9.78 Å². The van der Waals surface area contributed by atoms with Gasteiger partial charge in [0.1, 0.15) is 0 Å². The van der Waals surface area contributed by atoms with E-state index in [1.54, 1.807) is 17.4 Å². The van der Waals surface area contributed by atoms with Crippen molar-refractivity contribution >= 4 is 22.9 Å². The Balaban J connectivity index is 2.12. The van der Waals surface area contributed by atoms with E-state index in [-0.39, 0.29) is 23.3 Å². The number of nitrogens with one attached hydrogen (secondary N) is 1. The lowest BCUT2D eigenvalue weighted by Crippen LogP contribution is -2.18. The van der Waals surface area contributed by atoms with Crippen LogP contribution in [0.2, 0.25) is 0 Å². The van der Waals surface area contributed by atoms with Crippen LogP contribution in [0.5, 0.6) is 0 Å². The van der Waals surface area contributed by atoms with Crippen LogP contribution in [0.3, 0.4) is 0 Å². The average Bonchev–Trinajstić information content (AvgIpc) is 3.02. The van der Waals surface area contributed by atoms with Crippen molar-refractivity contribution in [2.75, 3.05) is 5.32 Å². The van der Waals surface area contributed by atoms with Crippen molar-refractivity contribution in [2.24, 2.45) is 12.5 Å². The van der Waals surface area contributed by atoms with Gasteiger partial charge in [0, 0.05) is 23.7 Å².